The zero-order valence-corrected chi connectivity index (χ0v) is 19.9. The van der Waals surface area contributed by atoms with E-state index in [2.05, 4.69) is 12.2 Å². The Hall–Kier alpha value is -3.89. The number of hydrogen-bond acceptors (Lipinski definition) is 5. The highest BCUT2D eigenvalue weighted by molar-refractivity contribution is 6.02. The summed E-state index contributed by atoms with van der Waals surface area (Å²) in [5, 5.41) is 17.3. The molecule has 2 aromatic carbocycles. The van der Waals surface area contributed by atoms with Gasteiger partial charge in [0.25, 0.3) is 5.91 Å². The number of nitrogens with one attached hydrogen (secondary N) is 1. The van der Waals surface area contributed by atoms with Gasteiger partial charge in [0.15, 0.2) is 0 Å². The topological polar surface area (TPSA) is 89.2 Å². The number of carbonyl (C=O) groups is 1. The zero-order chi connectivity index (χ0) is 24.3. The van der Waals surface area contributed by atoms with Crippen LogP contribution < -0.4 is 10.1 Å². The molecule has 0 aliphatic carbocycles. The summed E-state index contributed by atoms with van der Waals surface area (Å²) in [6.45, 7) is 5.69. The number of amides is 1. The lowest BCUT2D eigenvalue weighted by Gasteiger charge is -2.09. The number of benzene rings is 2. The van der Waals surface area contributed by atoms with Crippen LogP contribution in [0.15, 0.2) is 60.3 Å². The molecule has 1 amide bonds. The molecule has 3 aromatic rings. The number of methoxy groups -OCH3 is 1. The van der Waals surface area contributed by atoms with Crippen molar-refractivity contribution >= 4 is 12.0 Å². The second-order valence-electron chi connectivity index (χ2n) is 7.81. The molecule has 0 saturated heterocycles. The Morgan fingerprint density at radius 3 is 2.68 bits per heavy atom. The first-order chi connectivity index (χ1) is 16.6. The Bertz CT molecular complexity index is 1180. The summed E-state index contributed by atoms with van der Waals surface area (Å²) in [5.74, 6) is 0.382. The number of ether oxygens (including phenoxy) is 2. The molecule has 34 heavy (non-hydrogen) atoms. The highest BCUT2D eigenvalue weighted by atomic mass is 16.5. The molecule has 7 heteroatoms. The lowest BCUT2D eigenvalue weighted by Crippen LogP contribution is -2.26. The minimum Gasteiger partial charge on any atom is -0.494 e. The van der Waals surface area contributed by atoms with Gasteiger partial charge in [-0.1, -0.05) is 25.1 Å². The highest BCUT2D eigenvalue weighted by Crippen LogP contribution is 2.30. The molecule has 0 saturated carbocycles. The molecule has 0 atom stereocenters. The van der Waals surface area contributed by atoms with Crippen LogP contribution in [0.2, 0.25) is 0 Å². The molecule has 1 aromatic heterocycles. The first-order valence-electron chi connectivity index (χ1n) is 11.3. The maximum atomic E-state index is 12.6. The maximum Gasteiger partial charge on any atom is 0.261 e. The average Bonchev–Trinajstić information content (AvgIpc) is 3.28. The summed E-state index contributed by atoms with van der Waals surface area (Å²) in [5.41, 5.74) is 4.16. The standard InChI is InChI=1S/C27H30N4O3/c1-4-14-34-24-11-12-25(20(2)16-24)26-22(19-31(30-26)23-9-6-5-7-10-23)17-21(18-28)27(32)29-13-8-15-33-3/h5-7,9-12,16-17,19H,4,8,13-15H2,1-3H3,(H,29,32). The molecule has 0 spiro atoms. The first kappa shape index (κ1) is 24.7. The minimum atomic E-state index is -0.419. The van der Waals surface area contributed by atoms with E-state index in [0.29, 0.717) is 37.4 Å². The number of carbonyl (C=O) groups excluding carboxylic acids is 1. The van der Waals surface area contributed by atoms with Crippen LogP contribution >= 0.6 is 0 Å². The van der Waals surface area contributed by atoms with Gasteiger partial charge in [-0.05, 0) is 61.7 Å². The van der Waals surface area contributed by atoms with Gasteiger partial charge in [0, 0.05) is 37.6 Å². The fourth-order valence-corrected chi connectivity index (χ4v) is 3.44. The molecule has 0 unspecified atom stereocenters. The van der Waals surface area contributed by atoms with Crippen molar-refractivity contribution in [1.82, 2.24) is 15.1 Å². The lowest BCUT2D eigenvalue weighted by atomic mass is 10.0. The minimum absolute atomic E-state index is 0.0202. The molecule has 0 fully saturated rings. The smallest absolute Gasteiger partial charge is 0.261 e. The van der Waals surface area contributed by atoms with E-state index in [4.69, 9.17) is 14.6 Å². The van der Waals surface area contributed by atoms with Gasteiger partial charge in [-0.2, -0.15) is 10.4 Å². The summed E-state index contributed by atoms with van der Waals surface area (Å²) in [6.07, 6.45) is 5.03. The number of aromatic nitrogens is 2. The Kier molecular flexibility index (Phi) is 9.01. The van der Waals surface area contributed by atoms with E-state index in [0.717, 1.165) is 29.0 Å². The van der Waals surface area contributed by atoms with Crippen LogP contribution in [-0.2, 0) is 9.53 Å². The van der Waals surface area contributed by atoms with Crippen LogP contribution in [0.5, 0.6) is 5.75 Å². The van der Waals surface area contributed by atoms with Gasteiger partial charge >= 0.3 is 0 Å². The molecule has 0 aliphatic heterocycles. The normalized spacial score (nSPS) is 11.2. The molecule has 176 valence electrons. The lowest BCUT2D eigenvalue weighted by molar-refractivity contribution is -0.117. The predicted molar refractivity (Wildman–Crippen MR) is 133 cm³/mol. The van der Waals surface area contributed by atoms with E-state index in [9.17, 15) is 10.1 Å². The van der Waals surface area contributed by atoms with Gasteiger partial charge in [-0.3, -0.25) is 4.79 Å². The van der Waals surface area contributed by atoms with Gasteiger partial charge in [0.05, 0.1) is 12.3 Å². The quantitative estimate of drug-likeness (QED) is 0.256. The van der Waals surface area contributed by atoms with Gasteiger partial charge in [-0.15, -0.1) is 0 Å². The number of rotatable bonds is 11. The van der Waals surface area contributed by atoms with Gasteiger partial charge in [0.2, 0.25) is 0 Å². The van der Waals surface area contributed by atoms with Crippen molar-refractivity contribution < 1.29 is 14.3 Å². The van der Waals surface area contributed by atoms with Crippen molar-refractivity contribution in [3.05, 3.63) is 71.4 Å². The zero-order valence-electron chi connectivity index (χ0n) is 19.9. The van der Waals surface area contributed by atoms with E-state index in [1.807, 2.05) is 67.7 Å². The Morgan fingerprint density at radius 2 is 2.00 bits per heavy atom. The number of para-hydroxylation sites is 1. The van der Waals surface area contributed by atoms with E-state index < -0.39 is 5.91 Å². The molecule has 0 aliphatic rings. The predicted octanol–water partition coefficient (Wildman–Crippen LogP) is 4.70. The molecule has 0 radical (unpaired) electrons. The monoisotopic (exact) mass is 458 g/mol. The number of nitrogens with zero attached hydrogens (tertiary/aromatic N) is 3. The van der Waals surface area contributed by atoms with Crippen molar-refractivity contribution in [2.24, 2.45) is 0 Å². The van der Waals surface area contributed by atoms with Crippen LogP contribution in [0.25, 0.3) is 23.0 Å². The second-order valence-corrected chi connectivity index (χ2v) is 7.81. The first-order valence-corrected chi connectivity index (χ1v) is 11.3. The largest absolute Gasteiger partial charge is 0.494 e. The fraction of sp³-hybridized carbons (Fsp3) is 0.296. The van der Waals surface area contributed by atoms with E-state index in [1.165, 1.54) is 0 Å². The third-order valence-electron chi connectivity index (χ3n) is 5.16. The highest BCUT2D eigenvalue weighted by Gasteiger charge is 2.16. The summed E-state index contributed by atoms with van der Waals surface area (Å²) in [4.78, 5) is 12.6. The van der Waals surface area contributed by atoms with Gasteiger partial charge in [0.1, 0.15) is 23.1 Å². The van der Waals surface area contributed by atoms with Crippen molar-refractivity contribution in [2.75, 3.05) is 26.9 Å². The number of hydrogen-bond donors (Lipinski definition) is 1. The Labute approximate surface area is 200 Å². The van der Waals surface area contributed by atoms with Gasteiger partial charge in [-0.25, -0.2) is 4.68 Å². The summed E-state index contributed by atoms with van der Waals surface area (Å²) >= 11 is 0. The molecular weight excluding hydrogens is 428 g/mol. The van der Waals surface area contributed by atoms with Crippen molar-refractivity contribution in [2.45, 2.75) is 26.7 Å². The molecular formula is C27H30N4O3. The maximum absolute atomic E-state index is 12.6. The van der Waals surface area contributed by atoms with Crippen LogP contribution in [0, 0.1) is 18.3 Å². The van der Waals surface area contributed by atoms with E-state index in [-0.39, 0.29) is 5.57 Å². The number of nitriles is 1. The second kappa shape index (κ2) is 12.4. The average molecular weight is 459 g/mol. The van der Waals surface area contributed by atoms with Crippen molar-refractivity contribution in [1.29, 1.82) is 5.26 Å². The van der Waals surface area contributed by atoms with Crippen LogP contribution in [0.3, 0.4) is 0 Å². The van der Waals surface area contributed by atoms with Gasteiger partial charge < -0.3 is 14.8 Å². The van der Waals surface area contributed by atoms with Crippen LogP contribution in [-0.4, -0.2) is 42.6 Å². The Balaban J connectivity index is 2.01. The summed E-state index contributed by atoms with van der Waals surface area (Å²) in [6, 6.07) is 17.6. The molecule has 3 rings (SSSR count). The number of aryl methyl sites for hydroxylation is 1. The van der Waals surface area contributed by atoms with Crippen molar-refractivity contribution in [3.63, 3.8) is 0 Å². The fourth-order valence-electron chi connectivity index (χ4n) is 3.44. The van der Waals surface area contributed by atoms with Crippen molar-refractivity contribution in [3.8, 4) is 28.8 Å². The third kappa shape index (κ3) is 6.33. The molecule has 0 bridgehead atoms. The van der Waals surface area contributed by atoms with E-state index in [1.54, 1.807) is 17.9 Å². The van der Waals surface area contributed by atoms with Crippen LogP contribution in [0.4, 0.5) is 0 Å². The molecule has 7 nitrogen and oxygen atoms in total. The molecule has 1 heterocycles. The summed E-state index contributed by atoms with van der Waals surface area (Å²) in [7, 11) is 1.61. The molecule has 1 N–H and O–H groups in total. The SMILES string of the molecule is CCCOc1ccc(-c2nn(-c3ccccc3)cc2C=C(C#N)C(=O)NCCCOC)c(C)c1. The Morgan fingerprint density at radius 1 is 1.21 bits per heavy atom. The van der Waals surface area contributed by atoms with E-state index >= 15 is 0 Å². The third-order valence-corrected chi connectivity index (χ3v) is 5.16. The summed E-state index contributed by atoms with van der Waals surface area (Å²) < 4.78 is 12.5. The van der Waals surface area contributed by atoms with Crippen LogP contribution in [0.1, 0.15) is 30.9 Å².